The van der Waals surface area contributed by atoms with Crippen molar-refractivity contribution in [2.24, 2.45) is 35.5 Å². The van der Waals surface area contributed by atoms with Crippen LogP contribution in [0.5, 0.6) is 0 Å². The highest BCUT2D eigenvalue weighted by Crippen LogP contribution is 2.65. The minimum Gasteiger partial charge on any atom is -0.274 e. The number of alkyl halides is 3. The van der Waals surface area contributed by atoms with Crippen molar-refractivity contribution in [1.29, 1.82) is 0 Å². The molecule has 1 heterocycles. The highest BCUT2D eigenvalue weighted by Gasteiger charge is 2.67. The van der Waals surface area contributed by atoms with Gasteiger partial charge >= 0.3 is 6.18 Å². The van der Waals surface area contributed by atoms with Crippen LogP contribution < -0.4 is 4.90 Å². The Morgan fingerprint density at radius 3 is 2.08 bits per heavy atom. The van der Waals surface area contributed by atoms with Gasteiger partial charge in [-0.15, -0.1) is 0 Å². The van der Waals surface area contributed by atoms with E-state index in [4.69, 9.17) is 0 Å². The summed E-state index contributed by atoms with van der Waals surface area (Å²) in [5, 5.41) is 0. The predicted molar refractivity (Wildman–Crippen MR) is 78.6 cm³/mol. The number of anilines is 1. The zero-order valence-corrected chi connectivity index (χ0v) is 12.5. The van der Waals surface area contributed by atoms with Crippen molar-refractivity contribution < 1.29 is 22.8 Å². The number of nitrogens with zero attached hydrogens (tertiary/aromatic N) is 1. The Kier molecular flexibility index (Phi) is 2.55. The number of carbonyl (C=O) groups excluding carboxylic acids is 2. The molecule has 5 aliphatic rings. The molecule has 3 fully saturated rings. The highest BCUT2D eigenvalue weighted by atomic mass is 19.4. The molecule has 0 unspecified atom stereocenters. The lowest BCUT2D eigenvalue weighted by molar-refractivity contribution is -0.137. The molecule has 2 amide bonds. The molecule has 1 aliphatic heterocycles. The SMILES string of the molecule is O=C1[C@@H]2[C@H]3C=C[C@H]([C@H]4C[C@@H]34)[C@@H]2C(=O)N1c1cccc(C(F)(F)F)c1. The average Bonchev–Trinajstić information content (AvgIpc) is 3.31. The molecule has 6 heteroatoms. The molecule has 124 valence electrons. The Labute approximate surface area is 136 Å². The smallest absolute Gasteiger partial charge is 0.274 e. The molecule has 0 aromatic heterocycles. The van der Waals surface area contributed by atoms with E-state index in [-0.39, 0.29) is 29.3 Å². The van der Waals surface area contributed by atoms with Crippen LogP contribution in [-0.4, -0.2) is 11.8 Å². The monoisotopic (exact) mass is 333 g/mol. The fraction of sp³-hybridized carbons (Fsp3) is 0.444. The molecule has 2 bridgehead atoms. The third kappa shape index (κ3) is 1.69. The van der Waals surface area contributed by atoms with Crippen LogP contribution in [-0.2, 0) is 15.8 Å². The predicted octanol–water partition coefficient (Wildman–Crippen LogP) is 3.26. The molecule has 1 aromatic rings. The maximum absolute atomic E-state index is 12.9. The van der Waals surface area contributed by atoms with Crippen LogP contribution in [0.4, 0.5) is 18.9 Å². The number of amides is 2. The van der Waals surface area contributed by atoms with Crippen molar-refractivity contribution in [3.05, 3.63) is 42.0 Å². The lowest BCUT2D eigenvalue weighted by Crippen LogP contribution is -2.40. The van der Waals surface area contributed by atoms with Gasteiger partial charge in [0, 0.05) is 0 Å². The number of benzene rings is 1. The lowest BCUT2D eigenvalue weighted by atomic mass is 9.63. The molecular weight excluding hydrogens is 319 g/mol. The Hall–Kier alpha value is -2.11. The molecule has 6 atom stereocenters. The van der Waals surface area contributed by atoms with Crippen LogP contribution in [0.3, 0.4) is 0 Å². The molecule has 0 radical (unpaired) electrons. The van der Waals surface area contributed by atoms with E-state index in [0.717, 1.165) is 23.5 Å². The van der Waals surface area contributed by atoms with Gasteiger partial charge in [-0.05, 0) is 48.3 Å². The number of rotatable bonds is 1. The van der Waals surface area contributed by atoms with Gasteiger partial charge in [0.25, 0.3) is 0 Å². The van der Waals surface area contributed by atoms with Crippen molar-refractivity contribution in [1.82, 2.24) is 0 Å². The number of allylic oxidation sites excluding steroid dienone is 2. The van der Waals surface area contributed by atoms with Crippen molar-refractivity contribution in [2.75, 3.05) is 4.90 Å². The Bertz CT molecular complexity index is 764. The maximum atomic E-state index is 12.9. The standard InChI is InChI=1S/C18H14F3NO2/c19-18(20,21)8-2-1-3-9(6-8)22-16(23)14-10-4-5-11(13-7-12(10)13)15(14)17(22)24/h1-6,10-15H,7H2/t10-,11+,12-,13+,14+,15-. The lowest BCUT2D eigenvalue weighted by Gasteiger charge is -2.37. The van der Waals surface area contributed by atoms with Gasteiger partial charge in [0.05, 0.1) is 23.1 Å². The number of hydrogen-bond donors (Lipinski definition) is 0. The van der Waals surface area contributed by atoms with Crippen LogP contribution in [0.1, 0.15) is 12.0 Å². The normalized spacial score (nSPS) is 39.2. The number of carbonyl (C=O) groups is 2. The summed E-state index contributed by atoms with van der Waals surface area (Å²) in [6.45, 7) is 0. The van der Waals surface area contributed by atoms with E-state index < -0.39 is 23.6 Å². The first-order valence-corrected chi connectivity index (χ1v) is 8.11. The zero-order chi connectivity index (χ0) is 16.8. The van der Waals surface area contributed by atoms with Gasteiger partial charge in [0.2, 0.25) is 11.8 Å². The summed E-state index contributed by atoms with van der Waals surface area (Å²) < 4.78 is 38.8. The first-order chi connectivity index (χ1) is 11.4. The third-order valence-corrected chi connectivity index (χ3v) is 6.09. The summed E-state index contributed by atoms with van der Waals surface area (Å²) in [5.74, 6) is -0.395. The van der Waals surface area contributed by atoms with Crippen molar-refractivity contribution in [3.63, 3.8) is 0 Å². The van der Waals surface area contributed by atoms with Crippen LogP contribution in [0.15, 0.2) is 36.4 Å². The average molecular weight is 333 g/mol. The summed E-state index contributed by atoms with van der Waals surface area (Å²) in [6, 6.07) is 4.48. The fourth-order valence-electron chi connectivity index (χ4n) is 5.03. The summed E-state index contributed by atoms with van der Waals surface area (Å²) in [4.78, 5) is 26.7. The molecule has 3 nitrogen and oxygen atoms in total. The minimum absolute atomic E-state index is 0.0299. The molecule has 6 rings (SSSR count). The van der Waals surface area contributed by atoms with Gasteiger partial charge in [-0.1, -0.05) is 18.2 Å². The first-order valence-electron chi connectivity index (χ1n) is 8.11. The zero-order valence-electron chi connectivity index (χ0n) is 12.5. The van der Waals surface area contributed by atoms with Gasteiger partial charge in [0.1, 0.15) is 0 Å². The van der Waals surface area contributed by atoms with Crippen molar-refractivity contribution >= 4 is 17.5 Å². The Morgan fingerprint density at radius 2 is 1.54 bits per heavy atom. The van der Waals surface area contributed by atoms with E-state index in [2.05, 4.69) is 0 Å². The van der Waals surface area contributed by atoms with Crippen LogP contribution in [0.25, 0.3) is 0 Å². The second-order valence-corrected chi connectivity index (χ2v) is 7.21. The molecule has 1 saturated heterocycles. The second kappa shape index (κ2) is 4.29. The van der Waals surface area contributed by atoms with Crippen molar-refractivity contribution in [3.8, 4) is 0 Å². The van der Waals surface area contributed by atoms with Gasteiger partial charge in [0.15, 0.2) is 0 Å². The van der Waals surface area contributed by atoms with Gasteiger partial charge in [-0.3, -0.25) is 14.5 Å². The maximum Gasteiger partial charge on any atom is 0.416 e. The molecule has 24 heavy (non-hydrogen) atoms. The molecule has 1 aromatic carbocycles. The fourth-order valence-corrected chi connectivity index (χ4v) is 5.03. The van der Waals surface area contributed by atoms with Gasteiger partial charge in [-0.2, -0.15) is 13.2 Å². The molecule has 0 N–H and O–H groups in total. The van der Waals surface area contributed by atoms with Crippen LogP contribution in [0.2, 0.25) is 0 Å². The molecule has 0 spiro atoms. The number of halogens is 3. The quantitative estimate of drug-likeness (QED) is 0.584. The molecular formula is C18H14F3NO2. The van der Waals surface area contributed by atoms with E-state index in [1.165, 1.54) is 12.1 Å². The third-order valence-electron chi connectivity index (χ3n) is 6.09. The van der Waals surface area contributed by atoms with Crippen LogP contribution in [0, 0.1) is 35.5 Å². The summed E-state index contributed by atoms with van der Waals surface area (Å²) >= 11 is 0. The highest BCUT2D eigenvalue weighted by molar-refractivity contribution is 6.22. The van der Waals surface area contributed by atoms with E-state index in [9.17, 15) is 22.8 Å². The van der Waals surface area contributed by atoms with Gasteiger partial charge < -0.3 is 0 Å². The molecule has 2 saturated carbocycles. The number of hydrogen-bond acceptors (Lipinski definition) is 2. The summed E-state index contributed by atoms with van der Waals surface area (Å²) in [6.07, 6.45) is 0.637. The van der Waals surface area contributed by atoms with E-state index in [1.54, 1.807) is 0 Å². The summed E-state index contributed by atoms with van der Waals surface area (Å²) in [5.41, 5.74) is -0.818. The number of imide groups is 1. The summed E-state index contributed by atoms with van der Waals surface area (Å²) in [7, 11) is 0. The topological polar surface area (TPSA) is 37.4 Å². The van der Waals surface area contributed by atoms with Crippen molar-refractivity contribution in [2.45, 2.75) is 12.6 Å². The largest absolute Gasteiger partial charge is 0.416 e. The Morgan fingerprint density at radius 1 is 0.958 bits per heavy atom. The Balaban J connectivity index is 1.55. The van der Waals surface area contributed by atoms with Crippen LogP contribution >= 0.6 is 0 Å². The van der Waals surface area contributed by atoms with E-state index >= 15 is 0 Å². The first kappa shape index (κ1) is 14.3. The van der Waals surface area contributed by atoms with Gasteiger partial charge in [-0.25, -0.2) is 0 Å². The second-order valence-electron chi connectivity index (χ2n) is 7.21. The molecule has 4 aliphatic carbocycles. The van der Waals surface area contributed by atoms with E-state index in [1.807, 2.05) is 12.2 Å². The minimum atomic E-state index is -4.50. The van der Waals surface area contributed by atoms with E-state index in [0.29, 0.717) is 11.8 Å².